The Morgan fingerprint density at radius 1 is 0.966 bits per heavy atom. The Balaban J connectivity index is 1.40. The normalized spacial score (nSPS) is 14.9. The summed E-state index contributed by atoms with van der Waals surface area (Å²) in [6.07, 6.45) is 1.31. The Kier molecular flexibility index (Phi) is 11.8. The summed E-state index contributed by atoms with van der Waals surface area (Å²) >= 11 is 6.97. The molecule has 59 heavy (non-hydrogen) atoms. The second-order valence-electron chi connectivity index (χ2n) is 16.7. The van der Waals surface area contributed by atoms with Crippen LogP contribution in [0.25, 0.3) is 28.0 Å². The summed E-state index contributed by atoms with van der Waals surface area (Å²) in [7, 11) is -2.86. The number of carbonyl (C=O) groups is 1. The highest BCUT2D eigenvalue weighted by molar-refractivity contribution is 6.99. The molecule has 1 atom stereocenters. The molecular weight excluding hydrogens is 777 g/mol. The zero-order valence-electron chi connectivity index (χ0n) is 34.8. The second-order valence-corrected chi connectivity index (χ2v) is 21.4. The molecule has 0 unspecified atom stereocenters. The first-order valence-corrected chi connectivity index (χ1v) is 22.4. The molecule has 1 fully saturated rings. The molecule has 304 valence electrons. The van der Waals surface area contributed by atoms with Crippen molar-refractivity contribution in [1.82, 2.24) is 19.4 Å². The number of fused-ring (bicyclic) bond motifs is 1. The third-order valence-electron chi connectivity index (χ3n) is 11.4. The summed E-state index contributed by atoms with van der Waals surface area (Å²) < 4.78 is 24.3. The maximum Gasteiger partial charge on any atom is 0.355 e. The van der Waals surface area contributed by atoms with Crippen molar-refractivity contribution in [2.24, 2.45) is 0 Å². The predicted octanol–water partition coefficient (Wildman–Crippen LogP) is 8.97. The molecule has 0 saturated carbocycles. The molecule has 0 N–H and O–H groups in total. The van der Waals surface area contributed by atoms with E-state index in [0.29, 0.717) is 48.8 Å². The van der Waals surface area contributed by atoms with Crippen LogP contribution in [0.5, 0.6) is 0 Å². The summed E-state index contributed by atoms with van der Waals surface area (Å²) in [5.41, 5.74) is 3.61. The van der Waals surface area contributed by atoms with Crippen LogP contribution in [0.2, 0.25) is 10.1 Å². The SMILES string of the molecule is C=CC(=O)N1CCN(c2nc(=O)n(-c3c(C)cc(CO[Si](c4ccccc4)(c4ccccc4)C(C)(C)C)cc3C(C)C)c3nc(-c4ccccc4F)c(Cl)cc23)[C@@H](C)C1. The van der Waals surface area contributed by atoms with Crippen LogP contribution in [-0.4, -0.2) is 59.3 Å². The number of benzene rings is 4. The predicted molar refractivity (Wildman–Crippen MR) is 240 cm³/mol. The van der Waals surface area contributed by atoms with Gasteiger partial charge in [-0.2, -0.15) is 4.98 Å². The monoisotopic (exact) mass is 827 g/mol. The first-order chi connectivity index (χ1) is 28.2. The first-order valence-electron chi connectivity index (χ1n) is 20.1. The van der Waals surface area contributed by atoms with Crippen molar-refractivity contribution in [3.05, 3.63) is 154 Å². The van der Waals surface area contributed by atoms with E-state index in [2.05, 4.69) is 102 Å². The Labute approximate surface area is 352 Å². The van der Waals surface area contributed by atoms with Gasteiger partial charge in [0.25, 0.3) is 8.32 Å². The number of hydrogen-bond donors (Lipinski definition) is 0. The zero-order chi connectivity index (χ0) is 42.2. The summed E-state index contributed by atoms with van der Waals surface area (Å²) in [5, 5.41) is 2.94. The minimum Gasteiger partial charge on any atom is -0.403 e. The van der Waals surface area contributed by atoms with Crippen LogP contribution in [0.1, 0.15) is 64.2 Å². The van der Waals surface area contributed by atoms with E-state index in [9.17, 15) is 9.59 Å². The lowest BCUT2D eigenvalue weighted by molar-refractivity contribution is -0.126. The van der Waals surface area contributed by atoms with Crippen LogP contribution in [0.15, 0.2) is 121 Å². The van der Waals surface area contributed by atoms with Gasteiger partial charge in [0.15, 0.2) is 5.65 Å². The molecule has 1 aliphatic heterocycles. The van der Waals surface area contributed by atoms with E-state index >= 15 is 4.39 Å². The minimum absolute atomic E-state index is 0.0213. The third kappa shape index (κ3) is 7.77. The topological polar surface area (TPSA) is 80.6 Å². The number of rotatable bonds is 10. The molecule has 8 nitrogen and oxygen atoms in total. The maximum atomic E-state index is 15.4. The highest BCUT2D eigenvalue weighted by Gasteiger charge is 2.50. The number of anilines is 1. The standard InChI is InChI=1S/C48H51ClFN5O3Si/c1-9-42(56)53-24-25-54(33(5)29-53)45-39-28-40(49)43(37-22-16-17-23-41(37)50)51-46(39)55(47(57)52-45)44-32(4)26-34(27-38(44)31(2)3)30-58-59(48(6,7)8,35-18-12-10-13-19-35)36-20-14-11-15-21-36/h9-23,26-28,31,33H,1,24-25,29-30H2,2-8H3/t33-/m0/s1. The van der Waals surface area contributed by atoms with Gasteiger partial charge in [0.05, 0.1) is 28.4 Å². The van der Waals surface area contributed by atoms with Crippen LogP contribution in [-0.2, 0) is 15.8 Å². The first kappa shape index (κ1) is 41.7. The van der Waals surface area contributed by atoms with Crippen LogP contribution < -0.4 is 21.0 Å². The fourth-order valence-electron chi connectivity index (χ4n) is 8.64. The molecule has 0 aliphatic carbocycles. The average molecular weight is 829 g/mol. The van der Waals surface area contributed by atoms with Crippen molar-refractivity contribution >= 4 is 53.1 Å². The van der Waals surface area contributed by atoms with Crippen molar-refractivity contribution in [1.29, 1.82) is 0 Å². The van der Waals surface area contributed by atoms with E-state index in [0.717, 1.165) is 16.7 Å². The van der Waals surface area contributed by atoms with Crippen LogP contribution in [0, 0.1) is 12.7 Å². The third-order valence-corrected chi connectivity index (χ3v) is 16.7. The van der Waals surface area contributed by atoms with Gasteiger partial charge in [-0.25, -0.2) is 18.7 Å². The van der Waals surface area contributed by atoms with Crippen molar-refractivity contribution in [3.8, 4) is 16.9 Å². The van der Waals surface area contributed by atoms with Gasteiger partial charge in [-0.05, 0) is 76.1 Å². The number of aryl methyl sites for hydroxylation is 1. The number of aromatic nitrogens is 3. The van der Waals surface area contributed by atoms with Crippen LogP contribution in [0.4, 0.5) is 10.2 Å². The lowest BCUT2D eigenvalue weighted by Crippen LogP contribution is -2.66. The van der Waals surface area contributed by atoms with E-state index in [-0.39, 0.29) is 39.2 Å². The van der Waals surface area contributed by atoms with Gasteiger partial charge < -0.3 is 14.2 Å². The fraction of sp³-hybridized carbons (Fsp3) is 0.292. The van der Waals surface area contributed by atoms with Gasteiger partial charge in [-0.3, -0.25) is 4.79 Å². The summed E-state index contributed by atoms with van der Waals surface area (Å²) in [5.74, 6) is -0.244. The van der Waals surface area contributed by atoms with Crippen molar-refractivity contribution < 1.29 is 13.6 Å². The van der Waals surface area contributed by atoms with Gasteiger partial charge in [-0.1, -0.05) is 138 Å². The van der Waals surface area contributed by atoms with Gasteiger partial charge in [0.2, 0.25) is 5.91 Å². The molecule has 1 amide bonds. The molecule has 1 aliphatic rings. The number of piperazine rings is 1. The average Bonchev–Trinajstić information content (AvgIpc) is 3.21. The van der Waals surface area contributed by atoms with E-state index in [1.165, 1.54) is 22.5 Å². The Morgan fingerprint density at radius 2 is 1.59 bits per heavy atom. The largest absolute Gasteiger partial charge is 0.403 e. The fourth-order valence-corrected chi connectivity index (χ4v) is 13.4. The van der Waals surface area contributed by atoms with Crippen LogP contribution >= 0.6 is 11.6 Å². The molecule has 4 aromatic carbocycles. The summed E-state index contributed by atoms with van der Waals surface area (Å²) in [6.45, 7) is 20.2. The van der Waals surface area contributed by atoms with E-state index in [4.69, 9.17) is 26.0 Å². The lowest BCUT2D eigenvalue weighted by atomic mass is 9.95. The molecule has 0 radical (unpaired) electrons. The van der Waals surface area contributed by atoms with Crippen molar-refractivity contribution in [3.63, 3.8) is 0 Å². The van der Waals surface area contributed by atoms with E-state index < -0.39 is 19.8 Å². The van der Waals surface area contributed by atoms with E-state index in [1.807, 2.05) is 30.9 Å². The summed E-state index contributed by atoms with van der Waals surface area (Å²) in [6, 6.07) is 33.2. The molecular formula is C48H51ClFN5O3Si. The lowest BCUT2D eigenvalue weighted by Gasteiger charge is -2.43. The molecule has 6 aromatic rings. The van der Waals surface area contributed by atoms with Gasteiger partial charge in [-0.15, -0.1) is 0 Å². The van der Waals surface area contributed by atoms with Gasteiger partial charge in [0.1, 0.15) is 11.6 Å². The summed E-state index contributed by atoms with van der Waals surface area (Å²) in [4.78, 5) is 40.8. The minimum atomic E-state index is -2.86. The number of pyridine rings is 1. The number of halogens is 2. The Bertz CT molecular complexity index is 2550. The molecule has 0 spiro atoms. The van der Waals surface area contributed by atoms with Gasteiger partial charge in [0, 0.05) is 31.2 Å². The Hall–Kier alpha value is -5.42. The highest BCUT2D eigenvalue weighted by Crippen LogP contribution is 2.39. The smallest absolute Gasteiger partial charge is 0.355 e. The number of carbonyl (C=O) groups excluding carboxylic acids is 1. The highest BCUT2D eigenvalue weighted by atomic mass is 35.5. The second kappa shape index (κ2) is 16.7. The number of nitrogens with zero attached hydrogens (tertiary/aromatic N) is 5. The van der Waals surface area contributed by atoms with Gasteiger partial charge >= 0.3 is 5.69 Å². The Morgan fingerprint density at radius 3 is 2.17 bits per heavy atom. The van der Waals surface area contributed by atoms with Crippen molar-refractivity contribution in [2.45, 2.75) is 72.1 Å². The zero-order valence-corrected chi connectivity index (χ0v) is 36.6. The number of amides is 1. The molecule has 11 heteroatoms. The quantitative estimate of drug-likeness (QED) is 0.101. The molecule has 7 rings (SSSR count). The molecule has 1 saturated heterocycles. The molecule has 0 bridgehead atoms. The molecule has 3 heterocycles. The maximum absolute atomic E-state index is 15.4. The molecule has 2 aromatic heterocycles. The number of hydrogen-bond acceptors (Lipinski definition) is 6. The van der Waals surface area contributed by atoms with Crippen LogP contribution in [0.3, 0.4) is 0 Å². The van der Waals surface area contributed by atoms with E-state index in [1.54, 1.807) is 33.7 Å². The van der Waals surface area contributed by atoms with Crippen molar-refractivity contribution in [2.75, 3.05) is 24.5 Å².